The SMILES string of the molecule is Cn1c(CN2CCC[C@@H](C(=O)N3CCN(c4ccc(F)c(Cl)c4)CC3)C2)nc2ccccc21. The Morgan fingerprint density at radius 3 is 2.67 bits per heavy atom. The number of carbonyl (C=O) groups is 1. The molecule has 3 aromatic rings. The fourth-order valence-corrected chi connectivity index (χ4v) is 5.24. The summed E-state index contributed by atoms with van der Waals surface area (Å²) in [5, 5.41) is 0.133. The van der Waals surface area contributed by atoms with Crippen molar-refractivity contribution >= 4 is 34.2 Å². The summed E-state index contributed by atoms with van der Waals surface area (Å²) in [5.41, 5.74) is 3.05. The van der Waals surface area contributed by atoms with Crippen molar-refractivity contribution in [2.45, 2.75) is 19.4 Å². The van der Waals surface area contributed by atoms with E-state index >= 15 is 0 Å². The van der Waals surface area contributed by atoms with Crippen molar-refractivity contribution in [3.63, 3.8) is 0 Å². The lowest BCUT2D eigenvalue weighted by atomic mass is 9.96. The van der Waals surface area contributed by atoms with Crippen LogP contribution < -0.4 is 4.90 Å². The molecule has 8 heteroatoms. The summed E-state index contributed by atoms with van der Waals surface area (Å²) in [4.78, 5) is 24.6. The van der Waals surface area contributed by atoms with E-state index < -0.39 is 5.82 Å². The van der Waals surface area contributed by atoms with Gasteiger partial charge in [-0.1, -0.05) is 23.7 Å². The lowest BCUT2D eigenvalue weighted by molar-refractivity contribution is -0.137. The van der Waals surface area contributed by atoms with Gasteiger partial charge in [-0.2, -0.15) is 0 Å². The fourth-order valence-electron chi connectivity index (χ4n) is 5.06. The normalized spacial score (nSPS) is 19.9. The van der Waals surface area contributed by atoms with Crippen LogP contribution in [-0.4, -0.2) is 64.5 Å². The van der Waals surface area contributed by atoms with Crippen molar-refractivity contribution < 1.29 is 9.18 Å². The van der Waals surface area contributed by atoms with E-state index in [-0.39, 0.29) is 16.8 Å². The number of anilines is 1. The number of nitrogens with zero attached hydrogens (tertiary/aromatic N) is 5. The Labute approximate surface area is 198 Å². The Morgan fingerprint density at radius 1 is 1.12 bits per heavy atom. The van der Waals surface area contributed by atoms with Crippen molar-refractivity contribution in [1.29, 1.82) is 0 Å². The number of aromatic nitrogens is 2. The van der Waals surface area contributed by atoms with E-state index in [0.29, 0.717) is 13.1 Å². The van der Waals surface area contributed by atoms with Gasteiger partial charge in [-0.15, -0.1) is 0 Å². The van der Waals surface area contributed by atoms with Crippen molar-refractivity contribution in [2.24, 2.45) is 13.0 Å². The largest absolute Gasteiger partial charge is 0.368 e. The molecule has 2 aliphatic rings. The van der Waals surface area contributed by atoms with Crippen molar-refractivity contribution in [3.8, 4) is 0 Å². The van der Waals surface area contributed by atoms with E-state index in [0.717, 1.165) is 68.1 Å². The number of carbonyl (C=O) groups excluding carboxylic acids is 1. The van der Waals surface area contributed by atoms with Crippen LogP contribution in [0.25, 0.3) is 11.0 Å². The maximum absolute atomic E-state index is 13.5. The summed E-state index contributed by atoms with van der Waals surface area (Å²) < 4.78 is 15.6. The van der Waals surface area contributed by atoms with Gasteiger partial charge in [-0.25, -0.2) is 9.37 Å². The number of rotatable bonds is 4. The predicted octanol–water partition coefficient (Wildman–Crippen LogP) is 3.93. The predicted molar refractivity (Wildman–Crippen MR) is 129 cm³/mol. The van der Waals surface area contributed by atoms with E-state index in [1.165, 1.54) is 6.07 Å². The molecule has 174 valence electrons. The highest BCUT2D eigenvalue weighted by Gasteiger charge is 2.31. The molecule has 1 atom stereocenters. The molecule has 3 heterocycles. The summed E-state index contributed by atoms with van der Waals surface area (Å²) in [7, 11) is 2.06. The summed E-state index contributed by atoms with van der Waals surface area (Å²) in [6, 6.07) is 13.0. The van der Waals surface area contributed by atoms with E-state index in [1.807, 2.05) is 23.1 Å². The van der Waals surface area contributed by atoms with Gasteiger partial charge in [0.25, 0.3) is 0 Å². The average Bonchev–Trinajstić information content (AvgIpc) is 3.16. The summed E-state index contributed by atoms with van der Waals surface area (Å²) in [6.07, 6.45) is 1.96. The third-order valence-corrected chi connectivity index (χ3v) is 7.25. The molecule has 2 aliphatic heterocycles. The summed E-state index contributed by atoms with van der Waals surface area (Å²) in [5.74, 6) is 0.910. The Morgan fingerprint density at radius 2 is 1.91 bits per heavy atom. The number of para-hydroxylation sites is 2. The van der Waals surface area contributed by atoms with Gasteiger partial charge in [0.2, 0.25) is 5.91 Å². The molecule has 5 rings (SSSR count). The number of piperidine rings is 1. The van der Waals surface area contributed by atoms with Crippen LogP contribution >= 0.6 is 11.6 Å². The molecule has 2 fully saturated rings. The first kappa shape index (κ1) is 22.2. The first-order valence-corrected chi connectivity index (χ1v) is 12.0. The maximum Gasteiger partial charge on any atom is 0.227 e. The molecule has 0 radical (unpaired) electrons. The lowest BCUT2D eigenvalue weighted by Crippen LogP contribution is -2.52. The molecule has 6 nitrogen and oxygen atoms in total. The number of aryl methyl sites for hydroxylation is 1. The second-order valence-electron chi connectivity index (χ2n) is 9.06. The average molecular weight is 470 g/mol. The van der Waals surface area contributed by atoms with Crippen LogP contribution in [0.1, 0.15) is 18.7 Å². The molecule has 1 amide bonds. The quantitative estimate of drug-likeness (QED) is 0.581. The Balaban J connectivity index is 1.19. The number of benzene rings is 2. The molecule has 0 unspecified atom stereocenters. The van der Waals surface area contributed by atoms with Crippen LogP contribution in [0.5, 0.6) is 0 Å². The molecular formula is C25H29ClFN5O. The highest BCUT2D eigenvalue weighted by atomic mass is 35.5. The van der Waals surface area contributed by atoms with Gasteiger partial charge >= 0.3 is 0 Å². The van der Waals surface area contributed by atoms with Gasteiger partial charge < -0.3 is 14.4 Å². The van der Waals surface area contributed by atoms with Crippen molar-refractivity contribution in [3.05, 3.63) is 59.1 Å². The third-order valence-electron chi connectivity index (χ3n) is 6.96. The molecule has 33 heavy (non-hydrogen) atoms. The second kappa shape index (κ2) is 9.31. The zero-order valence-corrected chi connectivity index (χ0v) is 19.6. The van der Waals surface area contributed by atoms with Crippen molar-refractivity contribution in [2.75, 3.05) is 44.2 Å². The number of amides is 1. The van der Waals surface area contributed by atoms with Crippen LogP contribution in [0.2, 0.25) is 5.02 Å². The molecule has 0 bridgehead atoms. The zero-order valence-electron chi connectivity index (χ0n) is 18.9. The van der Waals surface area contributed by atoms with Gasteiger partial charge in [0.05, 0.1) is 28.5 Å². The monoisotopic (exact) mass is 469 g/mol. The minimum atomic E-state index is -0.408. The van der Waals surface area contributed by atoms with E-state index in [2.05, 4.69) is 27.5 Å². The molecule has 0 saturated carbocycles. The van der Waals surface area contributed by atoms with Crippen molar-refractivity contribution in [1.82, 2.24) is 19.4 Å². The number of hydrogen-bond acceptors (Lipinski definition) is 4. The van der Waals surface area contributed by atoms with Crippen LogP contribution in [0.4, 0.5) is 10.1 Å². The van der Waals surface area contributed by atoms with Gasteiger partial charge in [0.15, 0.2) is 0 Å². The first-order chi connectivity index (χ1) is 16.0. The second-order valence-corrected chi connectivity index (χ2v) is 9.47. The highest BCUT2D eigenvalue weighted by Crippen LogP contribution is 2.26. The Bertz CT molecular complexity index is 1160. The summed E-state index contributed by atoms with van der Waals surface area (Å²) in [6.45, 7) is 5.33. The smallest absolute Gasteiger partial charge is 0.227 e. The number of likely N-dealkylation sites (tertiary alicyclic amines) is 1. The molecule has 0 N–H and O–H groups in total. The molecule has 2 aromatic carbocycles. The number of halogens is 2. The molecule has 2 saturated heterocycles. The topological polar surface area (TPSA) is 44.6 Å². The number of hydrogen-bond donors (Lipinski definition) is 0. The Kier molecular flexibility index (Phi) is 6.25. The first-order valence-electron chi connectivity index (χ1n) is 11.6. The number of fused-ring (bicyclic) bond motifs is 1. The van der Waals surface area contributed by atoms with Gasteiger partial charge in [-0.05, 0) is 49.7 Å². The van der Waals surface area contributed by atoms with Crippen LogP contribution in [0.15, 0.2) is 42.5 Å². The number of piperazine rings is 1. The fraction of sp³-hybridized carbons (Fsp3) is 0.440. The lowest BCUT2D eigenvalue weighted by Gasteiger charge is -2.39. The minimum absolute atomic E-state index is 0.0280. The molecular weight excluding hydrogens is 441 g/mol. The van der Waals surface area contributed by atoms with Gasteiger partial charge in [-0.3, -0.25) is 9.69 Å². The standard InChI is InChI=1S/C25H29ClFN5O/c1-29-23-7-3-2-6-22(23)28-24(29)17-30-10-4-5-18(16-30)25(33)32-13-11-31(12-14-32)19-8-9-21(27)20(26)15-19/h2-3,6-9,15,18H,4-5,10-14,16-17H2,1H3/t18-/m1/s1. The third kappa shape index (κ3) is 4.57. The van der Waals surface area contributed by atoms with Crippen LogP contribution in [0, 0.1) is 11.7 Å². The van der Waals surface area contributed by atoms with E-state index in [4.69, 9.17) is 16.6 Å². The highest BCUT2D eigenvalue weighted by molar-refractivity contribution is 6.31. The number of imidazole rings is 1. The van der Waals surface area contributed by atoms with E-state index in [1.54, 1.807) is 12.1 Å². The maximum atomic E-state index is 13.5. The van der Waals surface area contributed by atoms with Gasteiger partial charge in [0, 0.05) is 45.5 Å². The molecule has 1 aromatic heterocycles. The van der Waals surface area contributed by atoms with E-state index in [9.17, 15) is 9.18 Å². The van der Waals surface area contributed by atoms with Crippen LogP contribution in [0.3, 0.4) is 0 Å². The zero-order chi connectivity index (χ0) is 22.9. The molecule has 0 aliphatic carbocycles. The van der Waals surface area contributed by atoms with Crippen LogP contribution in [-0.2, 0) is 18.4 Å². The minimum Gasteiger partial charge on any atom is -0.368 e. The van der Waals surface area contributed by atoms with Gasteiger partial charge in [0.1, 0.15) is 11.6 Å². The Hall–Kier alpha value is -2.64. The molecule has 0 spiro atoms. The summed E-state index contributed by atoms with van der Waals surface area (Å²) >= 11 is 5.94.